The molecule has 1 aliphatic rings. The summed E-state index contributed by atoms with van der Waals surface area (Å²) in [5, 5.41) is 15.2. The van der Waals surface area contributed by atoms with E-state index in [1.165, 1.54) is 0 Å². The summed E-state index contributed by atoms with van der Waals surface area (Å²) in [6, 6.07) is 16.2. The first-order valence-corrected chi connectivity index (χ1v) is 8.78. The lowest BCUT2D eigenvalue weighted by Gasteiger charge is -2.07. The molecule has 5 nitrogen and oxygen atoms in total. The average molecular weight is 368 g/mol. The third-order valence-electron chi connectivity index (χ3n) is 4.35. The second-order valence-corrected chi connectivity index (χ2v) is 6.73. The van der Waals surface area contributed by atoms with Crippen LogP contribution in [0.5, 0.6) is 0 Å². The lowest BCUT2D eigenvalue weighted by Crippen LogP contribution is -2.29. The number of halogens is 1. The SMILES string of the molecule is N#Cc1cccc(NC(=O)C2CC2C(=O)NCCc2ccc(Cl)cc2)c1. The van der Waals surface area contributed by atoms with E-state index in [9.17, 15) is 9.59 Å². The van der Waals surface area contributed by atoms with Gasteiger partial charge in [0.15, 0.2) is 0 Å². The Kier molecular flexibility index (Phi) is 5.55. The van der Waals surface area contributed by atoms with Crippen LogP contribution < -0.4 is 10.6 Å². The maximum Gasteiger partial charge on any atom is 0.228 e. The van der Waals surface area contributed by atoms with Crippen LogP contribution in [-0.2, 0) is 16.0 Å². The lowest BCUT2D eigenvalue weighted by atomic mass is 10.1. The topological polar surface area (TPSA) is 82.0 Å². The fourth-order valence-electron chi connectivity index (χ4n) is 2.79. The summed E-state index contributed by atoms with van der Waals surface area (Å²) in [7, 11) is 0. The molecule has 0 heterocycles. The summed E-state index contributed by atoms with van der Waals surface area (Å²) in [5.74, 6) is -0.863. The van der Waals surface area contributed by atoms with Crippen molar-refractivity contribution >= 4 is 29.1 Å². The van der Waals surface area contributed by atoms with E-state index < -0.39 is 0 Å². The van der Waals surface area contributed by atoms with Gasteiger partial charge in [0, 0.05) is 17.3 Å². The molecule has 0 spiro atoms. The molecule has 0 aromatic heterocycles. The monoisotopic (exact) mass is 367 g/mol. The van der Waals surface area contributed by atoms with Gasteiger partial charge in [0.1, 0.15) is 0 Å². The molecule has 6 heteroatoms. The van der Waals surface area contributed by atoms with Gasteiger partial charge in [-0.05, 0) is 48.7 Å². The molecule has 0 radical (unpaired) electrons. The Morgan fingerprint density at radius 3 is 2.58 bits per heavy atom. The molecule has 0 saturated heterocycles. The van der Waals surface area contributed by atoms with Crippen LogP contribution in [0.1, 0.15) is 17.5 Å². The molecule has 2 unspecified atom stereocenters. The van der Waals surface area contributed by atoms with Gasteiger partial charge in [-0.25, -0.2) is 0 Å². The van der Waals surface area contributed by atoms with Crippen molar-refractivity contribution in [2.45, 2.75) is 12.8 Å². The number of nitriles is 1. The number of anilines is 1. The van der Waals surface area contributed by atoms with Crippen LogP contribution in [0.3, 0.4) is 0 Å². The molecule has 2 aromatic carbocycles. The largest absolute Gasteiger partial charge is 0.356 e. The summed E-state index contributed by atoms with van der Waals surface area (Å²) in [5.41, 5.74) is 2.15. The van der Waals surface area contributed by atoms with Crippen molar-refractivity contribution in [1.82, 2.24) is 5.32 Å². The summed E-state index contributed by atoms with van der Waals surface area (Å²) in [4.78, 5) is 24.4. The molecule has 2 amide bonds. The van der Waals surface area contributed by atoms with Gasteiger partial charge in [0.2, 0.25) is 11.8 Å². The Hall–Kier alpha value is -2.84. The van der Waals surface area contributed by atoms with Crippen LogP contribution in [0.2, 0.25) is 5.02 Å². The zero-order valence-electron chi connectivity index (χ0n) is 14.0. The van der Waals surface area contributed by atoms with Gasteiger partial charge in [-0.15, -0.1) is 0 Å². The highest BCUT2D eigenvalue weighted by Crippen LogP contribution is 2.39. The summed E-state index contributed by atoms with van der Waals surface area (Å²) in [6.07, 6.45) is 1.27. The molecule has 1 aliphatic carbocycles. The predicted molar refractivity (Wildman–Crippen MR) is 99.5 cm³/mol. The van der Waals surface area contributed by atoms with Crippen molar-refractivity contribution in [3.05, 3.63) is 64.7 Å². The number of hydrogen-bond acceptors (Lipinski definition) is 3. The molecule has 0 aliphatic heterocycles. The first kappa shape index (κ1) is 18.0. The normalized spacial score (nSPS) is 17.8. The van der Waals surface area contributed by atoms with Crippen LogP contribution in [0.4, 0.5) is 5.69 Å². The highest BCUT2D eigenvalue weighted by Gasteiger charge is 2.47. The lowest BCUT2D eigenvalue weighted by molar-refractivity contribution is -0.125. The van der Waals surface area contributed by atoms with Crippen molar-refractivity contribution in [2.24, 2.45) is 11.8 Å². The van der Waals surface area contributed by atoms with Crippen molar-refractivity contribution in [3.8, 4) is 6.07 Å². The molecule has 0 bridgehead atoms. The summed E-state index contributed by atoms with van der Waals surface area (Å²) < 4.78 is 0. The molecule has 2 N–H and O–H groups in total. The summed E-state index contributed by atoms with van der Waals surface area (Å²) >= 11 is 5.84. The van der Waals surface area contributed by atoms with Crippen LogP contribution in [0, 0.1) is 23.2 Å². The highest BCUT2D eigenvalue weighted by molar-refractivity contribution is 6.30. The van der Waals surface area contributed by atoms with E-state index in [1.54, 1.807) is 24.3 Å². The first-order valence-electron chi connectivity index (χ1n) is 8.40. The molecule has 132 valence electrons. The Morgan fingerprint density at radius 1 is 1.12 bits per heavy atom. The quantitative estimate of drug-likeness (QED) is 0.822. The molecule has 26 heavy (non-hydrogen) atoms. The standard InChI is InChI=1S/C20H18ClN3O2/c21-15-6-4-13(5-7-15)8-9-23-19(25)17-11-18(17)20(26)24-16-3-1-2-14(10-16)12-22/h1-7,10,17-18H,8-9,11H2,(H,23,25)(H,24,26). The van der Waals surface area contributed by atoms with E-state index in [-0.39, 0.29) is 23.7 Å². The molecule has 1 saturated carbocycles. The first-order chi connectivity index (χ1) is 12.6. The third kappa shape index (κ3) is 4.62. The number of hydrogen-bond donors (Lipinski definition) is 2. The van der Waals surface area contributed by atoms with Gasteiger partial charge >= 0.3 is 0 Å². The Bertz CT molecular complexity index is 858. The Labute approximate surface area is 157 Å². The van der Waals surface area contributed by atoms with Gasteiger partial charge < -0.3 is 10.6 Å². The number of rotatable bonds is 6. The zero-order valence-corrected chi connectivity index (χ0v) is 14.8. The van der Waals surface area contributed by atoms with Gasteiger partial charge in [0.25, 0.3) is 0 Å². The fourth-order valence-corrected chi connectivity index (χ4v) is 2.91. The molecule has 2 atom stereocenters. The highest BCUT2D eigenvalue weighted by atomic mass is 35.5. The Morgan fingerprint density at radius 2 is 1.85 bits per heavy atom. The third-order valence-corrected chi connectivity index (χ3v) is 4.60. The Balaban J connectivity index is 1.43. The molecule has 1 fully saturated rings. The number of nitrogens with zero attached hydrogens (tertiary/aromatic N) is 1. The van der Waals surface area contributed by atoms with Crippen molar-refractivity contribution < 1.29 is 9.59 Å². The molecule has 3 rings (SSSR count). The van der Waals surface area contributed by atoms with E-state index in [4.69, 9.17) is 16.9 Å². The van der Waals surface area contributed by atoms with E-state index >= 15 is 0 Å². The molecule has 2 aromatic rings. The number of nitrogens with one attached hydrogen (secondary N) is 2. The number of carbonyl (C=O) groups is 2. The van der Waals surface area contributed by atoms with Crippen molar-refractivity contribution in [2.75, 3.05) is 11.9 Å². The van der Waals surface area contributed by atoms with E-state index in [2.05, 4.69) is 10.6 Å². The van der Waals surface area contributed by atoms with Crippen LogP contribution in [0.25, 0.3) is 0 Å². The van der Waals surface area contributed by atoms with Crippen LogP contribution in [0.15, 0.2) is 48.5 Å². The van der Waals surface area contributed by atoms with Crippen LogP contribution in [-0.4, -0.2) is 18.4 Å². The maximum atomic E-state index is 12.2. The van der Waals surface area contributed by atoms with Gasteiger partial charge in [-0.1, -0.05) is 29.8 Å². The van der Waals surface area contributed by atoms with Gasteiger partial charge in [0.05, 0.1) is 23.5 Å². The van der Waals surface area contributed by atoms with Crippen molar-refractivity contribution in [1.29, 1.82) is 5.26 Å². The smallest absolute Gasteiger partial charge is 0.228 e. The fraction of sp³-hybridized carbons (Fsp3) is 0.250. The van der Waals surface area contributed by atoms with Crippen molar-refractivity contribution in [3.63, 3.8) is 0 Å². The minimum atomic E-state index is -0.309. The second-order valence-electron chi connectivity index (χ2n) is 6.30. The second kappa shape index (κ2) is 8.03. The zero-order chi connectivity index (χ0) is 18.5. The minimum Gasteiger partial charge on any atom is -0.356 e. The summed E-state index contributed by atoms with van der Waals surface area (Å²) in [6.45, 7) is 0.523. The van der Waals surface area contributed by atoms with Gasteiger partial charge in [-0.2, -0.15) is 5.26 Å². The maximum absolute atomic E-state index is 12.2. The van der Waals surface area contributed by atoms with Gasteiger partial charge in [-0.3, -0.25) is 9.59 Å². The van der Waals surface area contributed by atoms with Crippen LogP contribution >= 0.6 is 11.6 Å². The number of amides is 2. The van der Waals surface area contributed by atoms with E-state index in [0.29, 0.717) is 35.7 Å². The number of benzene rings is 2. The molecular weight excluding hydrogens is 350 g/mol. The van der Waals surface area contributed by atoms with E-state index in [1.807, 2.05) is 30.3 Å². The average Bonchev–Trinajstić information content (AvgIpc) is 3.44. The molecular formula is C20H18ClN3O2. The van der Waals surface area contributed by atoms with E-state index in [0.717, 1.165) is 5.56 Å². The minimum absolute atomic E-state index is 0.0927. The number of carbonyl (C=O) groups excluding carboxylic acids is 2. The predicted octanol–water partition coefficient (Wildman–Crippen LogP) is 3.15.